The number of aryl methyl sites for hydroxylation is 1. The number of aldehydes is 1. The number of nitrogens with zero attached hydrogens (tertiary/aromatic N) is 2. The van der Waals surface area contributed by atoms with Gasteiger partial charge in [-0.3, -0.25) is 4.79 Å². The second-order valence-corrected chi connectivity index (χ2v) is 4.71. The highest BCUT2D eigenvalue weighted by atomic mass is 32.2. The maximum absolute atomic E-state index is 10.4. The summed E-state index contributed by atoms with van der Waals surface area (Å²) in [6.07, 6.45) is 1.51. The Labute approximate surface area is 94.9 Å². The van der Waals surface area contributed by atoms with Crippen molar-refractivity contribution in [2.75, 3.05) is 0 Å². The zero-order valence-corrected chi connectivity index (χ0v) is 9.60. The fraction of sp³-hybridized carbons (Fsp3) is 0.222. The summed E-state index contributed by atoms with van der Waals surface area (Å²) in [6.45, 7) is 2.01. The molecule has 0 radical (unpaired) electrons. The summed E-state index contributed by atoms with van der Waals surface area (Å²) in [5.74, 6) is 1.17. The number of hydrogen-bond acceptors (Lipinski definition) is 6. The maximum atomic E-state index is 10.4. The van der Waals surface area contributed by atoms with Crippen LogP contribution in [-0.2, 0) is 6.42 Å². The van der Waals surface area contributed by atoms with E-state index in [2.05, 4.69) is 9.36 Å². The van der Waals surface area contributed by atoms with Crippen molar-refractivity contribution in [3.8, 4) is 0 Å². The van der Waals surface area contributed by atoms with Gasteiger partial charge in [-0.05, 0) is 35.4 Å². The van der Waals surface area contributed by atoms with Crippen LogP contribution in [0.15, 0.2) is 26.0 Å². The van der Waals surface area contributed by atoms with E-state index in [1.165, 1.54) is 23.3 Å². The Kier molecular flexibility index (Phi) is 3.17. The lowest BCUT2D eigenvalue weighted by atomic mass is 10.5. The largest absolute Gasteiger partial charge is 0.447 e. The summed E-state index contributed by atoms with van der Waals surface area (Å²) in [7, 11) is 0. The lowest BCUT2D eigenvalue weighted by molar-refractivity contribution is 0.109. The Bertz CT molecular complexity index is 464. The molecule has 0 atom stereocenters. The molecule has 2 aromatic rings. The molecule has 15 heavy (non-hydrogen) atoms. The third kappa shape index (κ3) is 2.45. The minimum atomic E-state index is 0.331. The normalized spacial score (nSPS) is 10.5. The first kappa shape index (κ1) is 10.4. The molecular formula is C9H8N2O2S2. The van der Waals surface area contributed by atoms with Crippen molar-refractivity contribution in [1.29, 1.82) is 0 Å². The highest BCUT2D eigenvalue weighted by molar-refractivity contribution is 8.00. The third-order valence-corrected chi connectivity index (χ3v) is 3.38. The van der Waals surface area contributed by atoms with Crippen LogP contribution < -0.4 is 0 Å². The van der Waals surface area contributed by atoms with E-state index in [1.807, 2.05) is 6.92 Å². The standard InChI is InChI=1S/C9H8N2O2S2/c1-2-7-10-9(15-11-7)14-8-4-3-6(5-12)13-8/h3-5H,2H2,1H3. The van der Waals surface area contributed by atoms with E-state index in [9.17, 15) is 4.79 Å². The minimum Gasteiger partial charge on any atom is -0.447 e. The zero-order valence-electron chi connectivity index (χ0n) is 7.97. The van der Waals surface area contributed by atoms with Crippen molar-refractivity contribution >= 4 is 29.6 Å². The van der Waals surface area contributed by atoms with Gasteiger partial charge in [0.2, 0.25) is 0 Å². The molecule has 0 aliphatic carbocycles. The molecule has 0 spiro atoms. The smallest absolute Gasteiger partial charge is 0.185 e. The van der Waals surface area contributed by atoms with Gasteiger partial charge in [-0.1, -0.05) is 6.92 Å². The molecule has 0 N–H and O–H groups in total. The second kappa shape index (κ2) is 4.59. The van der Waals surface area contributed by atoms with Crippen molar-refractivity contribution in [3.63, 3.8) is 0 Å². The van der Waals surface area contributed by atoms with Crippen LogP contribution in [0.3, 0.4) is 0 Å². The summed E-state index contributed by atoms with van der Waals surface area (Å²) < 4.78 is 10.2. The zero-order chi connectivity index (χ0) is 10.7. The van der Waals surface area contributed by atoms with Gasteiger partial charge < -0.3 is 4.42 Å². The van der Waals surface area contributed by atoms with Crippen molar-refractivity contribution in [3.05, 3.63) is 23.7 Å². The fourth-order valence-corrected chi connectivity index (χ4v) is 2.57. The van der Waals surface area contributed by atoms with E-state index in [4.69, 9.17) is 4.42 Å². The fourth-order valence-electron chi connectivity index (χ4n) is 0.962. The van der Waals surface area contributed by atoms with E-state index < -0.39 is 0 Å². The average molecular weight is 240 g/mol. The molecule has 0 bridgehead atoms. The summed E-state index contributed by atoms with van der Waals surface area (Å²) in [6, 6.07) is 3.39. The van der Waals surface area contributed by atoms with Gasteiger partial charge >= 0.3 is 0 Å². The third-order valence-electron chi connectivity index (χ3n) is 1.67. The molecule has 0 unspecified atom stereocenters. The molecule has 0 aliphatic rings. The Morgan fingerprint density at radius 2 is 2.47 bits per heavy atom. The Morgan fingerprint density at radius 1 is 1.60 bits per heavy atom. The van der Waals surface area contributed by atoms with Crippen LogP contribution >= 0.6 is 23.3 Å². The van der Waals surface area contributed by atoms with Crippen molar-refractivity contribution < 1.29 is 9.21 Å². The van der Waals surface area contributed by atoms with E-state index in [0.717, 1.165) is 16.6 Å². The lowest BCUT2D eigenvalue weighted by Gasteiger charge is -1.88. The second-order valence-electron chi connectivity index (χ2n) is 2.71. The molecule has 0 fully saturated rings. The number of rotatable bonds is 4. The maximum Gasteiger partial charge on any atom is 0.185 e. The summed E-state index contributed by atoms with van der Waals surface area (Å²) in [5, 5.41) is 0.663. The molecule has 0 saturated heterocycles. The number of hydrogen-bond donors (Lipinski definition) is 0. The van der Waals surface area contributed by atoms with Crippen LogP contribution in [-0.4, -0.2) is 15.6 Å². The molecular weight excluding hydrogens is 232 g/mol. The molecule has 0 aliphatic heterocycles. The average Bonchev–Trinajstić information content (AvgIpc) is 2.87. The molecule has 2 aromatic heterocycles. The van der Waals surface area contributed by atoms with Gasteiger partial charge in [-0.25, -0.2) is 4.98 Å². The van der Waals surface area contributed by atoms with Gasteiger partial charge in [-0.15, -0.1) is 0 Å². The quantitative estimate of drug-likeness (QED) is 0.769. The summed E-state index contributed by atoms with van der Waals surface area (Å²) in [5.41, 5.74) is 0. The Hall–Kier alpha value is -1.14. The van der Waals surface area contributed by atoms with E-state index in [0.29, 0.717) is 17.1 Å². The number of carbonyl (C=O) groups is 1. The number of furan rings is 1. The molecule has 2 rings (SSSR count). The highest BCUT2D eigenvalue weighted by Gasteiger charge is 2.07. The molecule has 2 heterocycles. The van der Waals surface area contributed by atoms with E-state index in [-0.39, 0.29) is 0 Å². The molecule has 0 amide bonds. The van der Waals surface area contributed by atoms with Gasteiger partial charge in [0, 0.05) is 6.42 Å². The van der Waals surface area contributed by atoms with Gasteiger partial charge in [0.05, 0.1) is 0 Å². The number of carbonyl (C=O) groups excluding carboxylic acids is 1. The Morgan fingerprint density at radius 3 is 3.07 bits per heavy atom. The van der Waals surface area contributed by atoms with Crippen LogP contribution in [0, 0.1) is 0 Å². The molecule has 4 nitrogen and oxygen atoms in total. The van der Waals surface area contributed by atoms with Crippen molar-refractivity contribution in [1.82, 2.24) is 9.36 Å². The van der Waals surface area contributed by atoms with Crippen molar-refractivity contribution in [2.45, 2.75) is 22.8 Å². The van der Waals surface area contributed by atoms with E-state index in [1.54, 1.807) is 12.1 Å². The highest BCUT2D eigenvalue weighted by Crippen LogP contribution is 2.30. The predicted molar refractivity (Wildman–Crippen MR) is 57.5 cm³/mol. The van der Waals surface area contributed by atoms with Gasteiger partial charge in [-0.2, -0.15) is 4.37 Å². The van der Waals surface area contributed by atoms with Crippen LogP contribution in [0.1, 0.15) is 23.3 Å². The monoisotopic (exact) mass is 240 g/mol. The summed E-state index contributed by atoms with van der Waals surface area (Å²) >= 11 is 2.72. The summed E-state index contributed by atoms with van der Waals surface area (Å²) in [4.78, 5) is 14.7. The van der Waals surface area contributed by atoms with E-state index >= 15 is 0 Å². The predicted octanol–water partition coefficient (Wildman–Crippen LogP) is 2.66. The molecule has 0 aromatic carbocycles. The minimum absolute atomic E-state index is 0.331. The first-order chi connectivity index (χ1) is 7.31. The van der Waals surface area contributed by atoms with Gasteiger partial charge in [0.15, 0.2) is 21.5 Å². The molecule has 6 heteroatoms. The van der Waals surface area contributed by atoms with Gasteiger partial charge in [0.25, 0.3) is 0 Å². The first-order valence-corrected chi connectivity index (χ1v) is 5.96. The Balaban J connectivity index is 2.10. The molecule has 0 saturated carbocycles. The van der Waals surface area contributed by atoms with Crippen molar-refractivity contribution in [2.24, 2.45) is 0 Å². The lowest BCUT2D eigenvalue weighted by Crippen LogP contribution is -1.80. The van der Waals surface area contributed by atoms with Crippen LogP contribution in [0.5, 0.6) is 0 Å². The van der Waals surface area contributed by atoms with Crippen LogP contribution in [0.25, 0.3) is 0 Å². The topological polar surface area (TPSA) is 56.0 Å². The SMILES string of the molecule is CCc1nsc(Sc2ccc(C=O)o2)n1. The molecule has 78 valence electrons. The van der Waals surface area contributed by atoms with Crippen LogP contribution in [0.2, 0.25) is 0 Å². The van der Waals surface area contributed by atoms with Gasteiger partial charge in [0.1, 0.15) is 5.82 Å². The number of aromatic nitrogens is 2. The van der Waals surface area contributed by atoms with Crippen LogP contribution in [0.4, 0.5) is 0 Å². The first-order valence-electron chi connectivity index (χ1n) is 4.37.